The summed E-state index contributed by atoms with van der Waals surface area (Å²) in [6, 6.07) is 11.4. The molecule has 3 rings (SSSR count). The van der Waals surface area contributed by atoms with Crippen LogP contribution in [0, 0.1) is 5.82 Å². The van der Waals surface area contributed by atoms with Gasteiger partial charge in [0.25, 0.3) is 0 Å². The predicted molar refractivity (Wildman–Crippen MR) is 132 cm³/mol. The number of ether oxygens (including phenoxy) is 2. The van der Waals surface area contributed by atoms with Crippen molar-refractivity contribution in [2.24, 2.45) is 0 Å². The highest BCUT2D eigenvalue weighted by Gasteiger charge is 2.31. The van der Waals surface area contributed by atoms with Crippen molar-refractivity contribution < 1.29 is 35.5 Å². The van der Waals surface area contributed by atoms with Crippen molar-refractivity contribution in [1.29, 1.82) is 0 Å². The van der Waals surface area contributed by atoms with E-state index in [2.05, 4.69) is 15.0 Å². The lowest BCUT2D eigenvalue weighted by atomic mass is 10.2. The van der Waals surface area contributed by atoms with Crippen LogP contribution in [0.1, 0.15) is 16.7 Å². The van der Waals surface area contributed by atoms with Crippen molar-refractivity contribution in [3.63, 3.8) is 0 Å². The molecule has 0 fully saturated rings. The van der Waals surface area contributed by atoms with E-state index in [1.54, 1.807) is 30.3 Å². The van der Waals surface area contributed by atoms with Crippen LogP contribution in [-0.2, 0) is 22.8 Å². The molecule has 2 N–H and O–H groups in total. The number of rotatable bonds is 11. The van der Waals surface area contributed by atoms with Crippen molar-refractivity contribution in [2.75, 3.05) is 25.5 Å². The minimum absolute atomic E-state index is 0.00163. The zero-order chi connectivity index (χ0) is 27.1. The molecule has 37 heavy (non-hydrogen) atoms. The largest absolute Gasteiger partial charge is 0.493 e. The average Bonchev–Trinajstić information content (AvgIpc) is 2.85. The van der Waals surface area contributed by atoms with Gasteiger partial charge in [0.15, 0.2) is 11.5 Å². The molecular weight excluding hydrogens is 538 g/mol. The lowest BCUT2D eigenvalue weighted by Gasteiger charge is -2.12. The number of hydrogen-bond acceptors (Lipinski definition) is 6. The third-order valence-electron chi connectivity index (χ3n) is 4.82. The molecule has 0 bridgehead atoms. The Morgan fingerprint density at radius 2 is 1.78 bits per heavy atom. The summed E-state index contributed by atoms with van der Waals surface area (Å²) in [5.41, 5.74) is 0.295. The summed E-state index contributed by atoms with van der Waals surface area (Å²) in [6.07, 6.45) is -2.58. The van der Waals surface area contributed by atoms with Crippen molar-refractivity contribution in [3.05, 3.63) is 87.7 Å². The number of benzene rings is 2. The molecule has 1 aromatic heterocycles. The first-order valence-corrected chi connectivity index (χ1v) is 12.6. The maximum absolute atomic E-state index is 13.0. The van der Waals surface area contributed by atoms with Gasteiger partial charge >= 0.3 is 6.18 Å². The summed E-state index contributed by atoms with van der Waals surface area (Å²) in [5, 5.41) is 3.40. The fourth-order valence-corrected chi connectivity index (χ4v) is 4.01. The van der Waals surface area contributed by atoms with Crippen LogP contribution in [0.4, 0.5) is 23.4 Å². The number of nitrogens with one attached hydrogen (secondary N) is 2. The van der Waals surface area contributed by atoms with E-state index in [4.69, 9.17) is 21.1 Å². The molecule has 0 saturated carbocycles. The van der Waals surface area contributed by atoms with Crippen molar-refractivity contribution >= 4 is 33.5 Å². The number of halogens is 5. The molecule has 0 amide bonds. The van der Waals surface area contributed by atoms with E-state index in [0.717, 1.165) is 17.0 Å². The number of aromatic nitrogens is 1. The number of pyridine rings is 1. The Labute approximate surface area is 216 Å². The lowest BCUT2D eigenvalue weighted by molar-refractivity contribution is -0.137. The van der Waals surface area contributed by atoms with Gasteiger partial charge in [-0.25, -0.2) is 22.5 Å². The summed E-state index contributed by atoms with van der Waals surface area (Å²) in [4.78, 5) is 3.62. The van der Waals surface area contributed by atoms with Gasteiger partial charge in [0.1, 0.15) is 18.2 Å². The van der Waals surface area contributed by atoms with Crippen LogP contribution in [0.25, 0.3) is 6.08 Å². The first kappa shape index (κ1) is 28.2. The van der Waals surface area contributed by atoms with Crippen molar-refractivity contribution in [1.82, 2.24) is 9.71 Å². The molecule has 0 saturated heterocycles. The van der Waals surface area contributed by atoms with E-state index in [0.29, 0.717) is 23.3 Å². The molecular formula is C24H22ClF4N3O4S. The van der Waals surface area contributed by atoms with Gasteiger partial charge in [-0.1, -0.05) is 29.8 Å². The Morgan fingerprint density at radius 3 is 2.43 bits per heavy atom. The Hall–Kier alpha value is -3.35. The van der Waals surface area contributed by atoms with Crippen LogP contribution in [0.2, 0.25) is 5.02 Å². The Bertz CT molecular complexity index is 1350. The molecule has 198 valence electrons. The second kappa shape index (κ2) is 12.3. The molecule has 0 aliphatic heterocycles. The fourth-order valence-electron chi connectivity index (χ4n) is 2.96. The summed E-state index contributed by atoms with van der Waals surface area (Å²) >= 11 is 5.81. The van der Waals surface area contributed by atoms with Crippen LogP contribution in [-0.4, -0.2) is 33.6 Å². The molecule has 0 aliphatic carbocycles. The summed E-state index contributed by atoms with van der Waals surface area (Å²) in [7, 11) is -2.38. The summed E-state index contributed by atoms with van der Waals surface area (Å²) < 4.78 is 88.9. The number of hydrogen-bond donors (Lipinski definition) is 2. The smallest absolute Gasteiger partial charge is 0.417 e. The minimum atomic E-state index is -4.57. The normalized spacial score (nSPS) is 12.1. The number of nitrogens with zero attached hydrogens (tertiary/aromatic N) is 1. The first-order chi connectivity index (χ1) is 17.5. The summed E-state index contributed by atoms with van der Waals surface area (Å²) in [6.45, 7) is 0.135. The second-order valence-electron chi connectivity index (χ2n) is 7.55. The van der Waals surface area contributed by atoms with Crippen LogP contribution in [0.5, 0.6) is 11.5 Å². The van der Waals surface area contributed by atoms with Crippen molar-refractivity contribution in [3.8, 4) is 11.5 Å². The average molecular weight is 560 g/mol. The first-order valence-electron chi connectivity index (χ1n) is 10.7. The van der Waals surface area contributed by atoms with Gasteiger partial charge in [0, 0.05) is 24.7 Å². The zero-order valence-electron chi connectivity index (χ0n) is 19.4. The number of anilines is 1. The standard InChI is InChI=1S/C24H22ClF4N3O4S/c1-35-22-12-16(4-7-21(22)36-15-17-2-5-19(26)6-3-17)8-11-37(33,34)32-10-9-30-23-20(25)13-18(14-31-23)24(27,28)29/h2-8,11-14,32H,9-10,15H2,1H3,(H,30,31)/b11-8+. The molecule has 0 radical (unpaired) electrons. The number of sulfonamides is 1. The van der Waals surface area contributed by atoms with Gasteiger partial charge in [-0.3, -0.25) is 0 Å². The van der Waals surface area contributed by atoms with E-state index in [1.165, 1.54) is 25.3 Å². The number of methoxy groups -OCH3 is 1. The third kappa shape index (κ3) is 8.62. The van der Waals surface area contributed by atoms with Crippen molar-refractivity contribution in [2.45, 2.75) is 12.8 Å². The Morgan fingerprint density at radius 1 is 1.05 bits per heavy atom. The van der Waals surface area contributed by atoms with Gasteiger partial charge in [-0.05, 0) is 47.5 Å². The Balaban J connectivity index is 1.53. The highest BCUT2D eigenvalue weighted by Crippen LogP contribution is 2.32. The molecule has 0 atom stereocenters. The van der Waals surface area contributed by atoms with Gasteiger partial charge in [-0.2, -0.15) is 13.2 Å². The van der Waals surface area contributed by atoms with Gasteiger partial charge in [0.2, 0.25) is 10.0 Å². The molecule has 2 aromatic carbocycles. The fraction of sp³-hybridized carbons (Fsp3) is 0.208. The quantitative estimate of drug-likeness (QED) is 0.239. The van der Waals surface area contributed by atoms with E-state index in [-0.39, 0.29) is 36.4 Å². The third-order valence-corrected chi connectivity index (χ3v) is 6.21. The maximum Gasteiger partial charge on any atom is 0.417 e. The van der Waals surface area contributed by atoms with E-state index >= 15 is 0 Å². The zero-order valence-corrected chi connectivity index (χ0v) is 20.9. The molecule has 7 nitrogen and oxygen atoms in total. The molecule has 0 spiro atoms. The van der Waals surface area contributed by atoms with Crippen LogP contribution in [0.15, 0.2) is 60.1 Å². The number of alkyl halides is 3. The molecule has 0 unspecified atom stereocenters. The highest BCUT2D eigenvalue weighted by molar-refractivity contribution is 7.92. The van der Waals surface area contributed by atoms with E-state index < -0.39 is 21.8 Å². The molecule has 13 heteroatoms. The predicted octanol–water partition coefficient (Wildman–Crippen LogP) is 5.48. The maximum atomic E-state index is 13.0. The monoisotopic (exact) mass is 559 g/mol. The molecule has 1 heterocycles. The molecule has 3 aromatic rings. The SMILES string of the molecule is COc1cc(/C=C/S(=O)(=O)NCCNc2ncc(C(F)(F)F)cc2Cl)ccc1OCc1ccc(F)cc1. The van der Waals surface area contributed by atoms with E-state index in [1.807, 2.05) is 0 Å². The minimum Gasteiger partial charge on any atom is -0.493 e. The van der Waals surface area contributed by atoms with Gasteiger partial charge < -0.3 is 14.8 Å². The van der Waals surface area contributed by atoms with Crippen LogP contribution < -0.4 is 19.5 Å². The topological polar surface area (TPSA) is 89.6 Å². The van der Waals surface area contributed by atoms with Crippen LogP contribution >= 0.6 is 11.6 Å². The van der Waals surface area contributed by atoms with Gasteiger partial charge in [-0.15, -0.1) is 0 Å². The summed E-state index contributed by atoms with van der Waals surface area (Å²) in [5.74, 6) is 0.447. The molecule has 0 aliphatic rings. The lowest BCUT2D eigenvalue weighted by Crippen LogP contribution is -2.27. The Kier molecular flexibility index (Phi) is 9.35. The van der Waals surface area contributed by atoms with Crippen LogP contribution in [0.3, 0.4) is 0 Å². The van der Waals surface area contributed by atoms with Gasteiger partial charge in [0.05, 0.1) is 17.7 Å². The second-order valence-corrected chi connectivity index (χ2v) is 9.60. The highest BCUT2D eigenvalue weighted by atomic mass is 35.5. The van der Waals surface area contributed by atoms with E-state index in [9.17, 15) is 26.0 Å².